The van der Waals surface area contributed by atoms with E-state index in [-0.39, 0.29) is 45.9 Å². The molecule has 5 heterocycles. The van der Waals surface area contributed by atoms with Gasteiger partial charge in [0.25, 0.3) is 0 Å². The van der Waals surface area contributed by atoms with Gasteiger partial charge in [-0.05, 0) is 114 Å². The van der Waals surface area contributed by atoms with Crippen molar-refractivity contribution in [2.45, 2.75) is 90.5 Å². The fourth-order valence-electron chi connectivity index (χ4n) is 8.78. The number of pyridine rings is 2. The molecule has 1 N–H and O–H groups in total. The predicted molar refractivity (Wildman–Crippen MR) is 251 cm³/mol. The molecule has 2 aliphatic rings. The maximum absolute atomic E-state index is 17.9. The highest BCUT2D eigenvalue weighted by molar-refractivity contribution is 8.32. The Balaban J connectivity index is 1.55. The number of nitriles is 1. The average molecular weight is 920 g/mol. The summed E-state index contributed by atoms with van der Waals surface area (Å²) in [7, 11) is -0.906. The van der Waals surface area contributed by atoms with E-state index < -0.39 is 45.3 Å². The number of hydrogen-bond donors (Lipinski definition) is 1. The summed E-state index contributed by atoms with van der Waals surface area (Å²) in [5.74, 6) is 0.0429. The first-order valence-corrected chi connectivity index (χ1v) is 25.1. The molecule has 3 atom stereocenters. The van der Waals surface area contributed by atoms with E-state index in [0.717, 1.165) is 17.9 Å². The Kier molecular flexibility index (Phi) is 13.1. The van der Waals surface area contributed by atoms with Gasteiger partial charge in [-0.25, -0.2) is 29.0 Å². The molecule has 2 fully saturated rings. The second-order valence-electron chi connectivity index (χ2n) is 19.2. The Bertz CT molecular complexity index is 2610. The van der Waals surface area contributed by atoms with Crippen LogP contribution in [0.25, 0.3) is 44.2 Å². The molecule has 2 amide bonds. The van der Waals surface area contributed by atoms with Gasteiger partial charge in [-0.15, -0.1) is 0 Å². The number of fused-ring (bicyclic) bond motifs is 3. The number of amides is 2. The van der Waals surface area contributed by atoms with Gasteiger partial charge in [0.05, 0.1) is 45.1 Å². The van der Waals surface area contributed by atoms with E-state index in [1.165, 1.54) is 0 Å². The number of aromatic nitrogens is 3. The van der Waals surface area contributed by atoms with Crippen LogP contribution < -0.4 is 0 Å². The highest BCUT2D eigenvalue weighted by atomic mass is 35.5. The number of benzene rings is 2. The number of rotatable bonds is 10. The Morgan fingerprint density at radius 2 is 1.79 bits per heavy atom. The Hall–Kier alpha value is -4.61. The monoisotopic (exact) mass is 918 g/mol. The van der Waals surface area contributed by atoms with E-state index in [1.807, 2.05) is 39.0 Å². The average Bonchev–Trinajstić information content (AvgIpc) is 3.94. The number of hydrogen-bond acceptors (Lipinski definition) is 8. The molecule has 0 bridgehead atoms. The van der Waals surface area contributed by atoms with Crippen molar-refractivity contribution in [3.8, 4) is 28.5 Å². The van der Waals surface area contributed by atoms with E-state index in [2.05, 4.69) is 41.3 Å². The molecule has 2 aromatic carbocycles. The number of nitrogens with zero attached hydrogens (tertiary/aromatic N) is 6. The number of carbonyl (C=O) groups excluding carboxylic acids is 2. The van der Waals surface area contributed by atoms with Crippen molar-refractivity contribution in [2.24, 2.45) is 5.92 Å². The highest BCUT2D eigenvalue weighted by Gasteiger charge is 2.42. The molecule has 0 aliphatic carbocycles. The minimum atomic E-state index is -1.22. The fraction of sp³-hybridized carbons (Fsp3) is 0.479. The number of aliphatic hydroxyl groups is 1. The number of likely N-dealkylation sites (tertiary alicyclic amines) is 2. The fourth-order valence-corrected chi connectivity index (χ4v) is 9.75. The second-order valence-corrected chi connectivity index (χ2v) is 24.6. The molecule has 0 radical (unpaired) electrons. The molecule has 11 nitrogen and oxygen atoms in total. The lowest BCUT2D eigenvalue weighted by atomic mass is 9.92. The van der Waals surface area contributed by atoms with Crippen molar-refractivity contribution < 1.29 is 28.6 Å². The molecule has 2 saturated heterocycles. The molecule has 7 rings (SSSR count). The van der Waals surface area contributed by atoms with Crippen LogP contribution in [0.4, 0.5) is 14.0 Å². The van der Waals surface area contributed by atoms with E-state index in [9.17, 15) is 20.0 Å². The van der Waals surface area contributed by atoms with Gasteiger partial charge in [0.15, 0.2) is 5.82 Å². The summed E-state index contributed by atoms with van der Waals surface area (Å²) < 4.78 is 32.0. The van der Waals surface area contributed by atoms with Gasteiger partial charge < -0.3 is 24.0 Å². The molecule has 5 aromatic rings. The van der Waals surface area contributed by atoms with Crippen LogP contribution in [0.2, 0.25) is 10.0 Å². The quantitative estimate of drug-likeness (QED) is 0.146. The summed E-state index contributed by atoms with van der Waals surface area (Å²) in [4.78, 5) is 41.0. The molecule has 336 valence electrons. The zero-order valence-corrected chi connectivity index (χ0v) is 39.8. The lowest BCUT2D eigenvalue weighted by Crippen LogP contribution is -2.36. The van der Waals surface area contributed by atoms with E-state index in [0.29, 0.717) is 77.0 Å². The Morgan fingerprint density at radius 1 is 1.05 bits per heavy atom. The van der Waals surface area contributed by atoms with E-state index in [4.69, 9.17) is 37.7 Å². The van der Waals surface area contributed by atoms with Crippen LogP contribution in [0, 0.1) is 23.1 Å². The summed E-state index contributed by atoms with van der Waals surface area (Å²) in [6.07, 6.45) is 9.07. The van der Waals surface area contributed by atoms with Crippen molar-refractivity contribution in [2.75, 3.05) is 50.8 Å². The van der Waals surface area contributed by atoms with Gasteiger partial charge in [-0.2, -0.15) is 5.26 Å². The smallest absolute Gasteiger partial charge is 0.410 e. The Morgan fingerprint density at radius 3 is 2.44 bits per heavy atom. The van der Waals surface area contributed by atoms with Crippen molar-refractivity contribution in [1.82, 2.24) is 24.3 Å². The number of halogens is 3. The maximum Gasteiger partial charge on any atom is 0.410 e. The molecule has 0 spiro atoms. The van der Waals surface area contributed by atoms with E-state index >= 15 is 4.39 Å². The zero-order chi connectivity index (χ0) is 45.8. The second kappa shape index (κ2) is 17.8. The van der Waals surface area contributed by atoms with Gasteiger partial charge in [-0.3, -0.25) is 9.88 Å². The van der Waals surface area contributed by atoms with Crippen molar-refractivity contribution >= 4 is 67.2 Å². The first-order valence-electron chi connectivity index (χ1n) is 21.4. The number of ether oxygens (including phenoxy) is 2. The number of carbonyl (C=O) groups is 2. The summed E-state index contributed by atoms with van der Waals surface area (Å²) >= 11 is 13.3. The molecular weight excluding hydrogens is 863 g/mol. The van der Waals surface area contributed by atoms with Crippen LogP contribution in [-0.4, -0.2) is 98.0 Å². The lowest BCUT2D eigenvalue weighted by Gasteiger charge is -2.30. The van der Waals surface area contributed by atoms with Gasteiger partial charge in [0, 0.05) is 71.2 Å². The number of aryl methyl sites for hydroxylation is 1. The largest absolute Gasteiger partial charge is 0.449 e. The standard InChI is InChI=1S/C48H57Cl2FN6O5S/c1-28-26-55(45(58)62-47(2,3)4)27-37(28)57-36(35-16-12-20-56(35)46(59)61-21-22-63(7,8)9)24-33-42(30-17-18-38(53-25-30)48(5,6)60)54-43-32(44(33)57)23-29(13-11-19-52)39(41(43)51)31-14-10-15-34(49)40(31)50/h10,14-15,17-18,23-25,28,35,37,60H,11-13,16,20-22,26-27H2,1-9H3/t28-,35-,37-/m1/s1. The van der Waals surface area contributed by atoms with Crippen molar-refractivity contribution in [3.05, 3.63) is 81.5 Å². The van der Waals surface area contributed by atoms with Crippen LogP contribution in [-0.2, 0) is 21.5 Å². The van der Waals surface area contributed by atoms with Crippen molar-refractivity contribution in [3.63, 3.8) is 0 Å². The van der Waals surface area contributed by atoms with Gasteiger partial charge in [0.2, 0.25) is 0 Å². The minimum absolute atomic E-state index is 0.0590. The molecule has 0 unspecified atom stereocenters. The van der Waals surface area contributed by atoms with Crippen LogP contribution in [0.5, 0.6) is 0 Å². The molecule has 15 heteroatoms. The topological polar surface area (TPSA) is 134 Å². The van der Waals surface area contributed by atoms with Crippen LogP contribution >= 0.6 is 33.2 Å². The Labute approximate surface area is 380 Å². The summed E-state index contributed by atoms with van der Waals surface area (Å²) in [5.41, 5.74) is 2.19. The lowest BCUT2D eigenvalue weighted by molar-refractivity contribution is 0.0285. The minimum Gasteiger partial charge on any atom is -0.449 e. The summed E-state index contributed by atoms with van der Waals surface area (Å²) in [6, 6.07) is 14.0. The molecule has 3 aromatic heterocycles. The molecule has 63 heavy (non-hydrogen) atoms. The van der Waals surface area contributed by atoms with Gasteiger partial charge in [-0.1, -0.05) is 42.3 Å². The van der Waals surface area contributed by atoms with Gasteiger partial charge >= 0.3 is 12.2 Å². The normalized spacial score (nSPS) is 18.6. The van der Waals surface area contributed by atoms with Crippen molar-refractivity contribution in [1.29, 1.82) is 5.26 Å². The maximum atomic E-state index is 17.9. The third kappa shape index (κ3) is 9.61. The van der Waals surface area contributed by atoms with E-state index in [1.54, 1.807) is 54.1 Å². The van der Waals surface area contributed by atoms with Crippen LogP contribution in [0.1, 0.15) is 89.8 Å². The zero-order valence-electron chi connectivity index (χ0n) is 37.5. The highest BCUT2D eigenvalue weighted by Crippen LogP contribution is 2.47. The van der Waals surface area contributed by atoms with Crippen LogP contribution in [0.3, 0.4) is 0 Å². The molecular formula is C48H57Cl2FN6O5S. The summed E-state index contributed by atoms with van der Waals surface area (Å²) in [5, 5.41) is 22.2. The first-order chi connectivity index (χ1) is 29.6. The third-order valence-electron chi connectivity index (χ3n) is 11.8. The predicted octanol–water partition coefficient (Wildman–Crippen LogP) is 11.4. The first kappa shape index (κ1) is 46.4. The summed E-state index contributed by atoms with van der Waals surface area (Å²) in [6.45, 7) is 12.4. The van der Waals surface area contributed by atoms with Crippen LogP contribution in [0.15, 0.2) is 48.7 Å². The molecule has 2 aliphatic heterocycles. The third-order valence-corrected chi connectivity index (χ3v) is 14.0. The molecule has 0 saturated carbocycles. The SMILES string of the molecule is C[C@@H]1CN(C(=O)OC(C)(C)C)C[C@H]1n1c([C@H]2CCCN2C(=O)OCCS(C)(C)C)cc2c(-c3ccc(C(C)(C)O)nc3)nc3c(F)c(-c4cccc(Cl)c4Cl)c(CCC#N)cc3c21. The van der Waals surface area contributed by atoms with Gasteiger partial charge in [0.1, 0.15) is 23.3 Å².